The van der Waals surface area contributed by atoms with Crippen molar-refractivity contribution >= 4 is 39.9 Å². The number of anilines is 2. The molecule has 6 rings (SSSR count). The van der Waals surface area contributed by atoms with Crippen LogP contribution in [0.1, 0.15) is 36.1 Å². The molecule has 4 aromatic carbocycles. The number of fused-ring (bicyclic) bond motifs is 2. The highest BCUT2D eigenvalue weighted by Gasteiger charge is 2.56. The van der Waals surface area contributed by atoms with Crippen molar-refractivity contribution < 1.29 is 9.53 Å². The molecular formula is C32H28N4O2S. The topological polar surface area (TPSA) is 57.5 Å². The number of carbonyl (C=O) groups is 1. The highest BCUT2D eigenvalue weighted by molar-refractivity contribution is 8.16. The maximum Gasteiger partial charge on any atom is 0.365 e. The zero-order chi connectivity index (χ0) is 26.8. The van der Waals surface area contributed by atoms with E-state index in [-0.39, 0.29) is 11.7 Å². The van der Waals surface area contributed by atoms with Crippen molar-refractivity contribution in [2.75, 3.05) is 16.6 Å². The monoisotopic (exact) mass is 532 g/mol. The first-order valence-electron chi connectivity index (χ1n) is 13.1. The Morgan fingerprint density at radius 2 is 1.36 bits per heavy atom. The lowest BCUT2D eigenvalue weighted by Gasteiger charge is -2.47. The molecule has 4 aromatic rings. The predicted molar refractivity (Wildman–Crippen MR) is 159 cm³/mol. The van der Waals surface area contributed by atoms with Crippen LogP contribution in [0.4, 0.5) is 11.4 Å². The lowest BCUT2D eigenvalue weighted by molar-refractivity contribution is -0.134. The van der Waals surface area contributed by atoms with Gasteiger partial charge in [-0.1, -0.05) is 91.9 Å². The molecule has 0 unspecified atom stereocenters. The van der Waals surface area contributed by atoms with Crippen LogP contribution in [0, 0.1) is 0 Å². The molecule has 2 heterocycles. The molecule has 0 bridgehead atoms. The summed E-state index contributed by atoms with van der Waals surface area (Å²) >= 11 is 1.35. The number of benzene rings is 4. The Kier molecular flexibility index (Phi) is 6.67. The zero-order valence-corrected chi connectivity index (χ0v) is 22.6. The van der Waals surface area contributed by atoms with Crippen molar-refractivity contribution in [2.24, 2.45) is 10.2 Å². The Labute approximate surface area is 232 Å². The highest BCUT2D eigenvalue weighted by Crippen LogP contribution is 2.55. The van der Waals surface area contributed by atoms with Crippen LogP contribution in [0.2, 0.25) is 0 Å². The summed E-state index contributed by atoms with van der Waals surface area (Å²) < 4.78 is 5.41. The maximum absolute atomic E-state index is 13.1. The van der Waals surface area contributed by atoms with Gasteiger partial charge in [-0.15, -0.1) is 0 Å². The van der Waals surface area contributed by atoms with Gasteiger partial charge in [-0.3, -0.25) is 0 Å². The molecule has 0 aromatic heterocycles. The van der Waals surface area contributed by atoms with Gasteiger partial charge in [-0.25, -0.2) is 14.8 Å². The van der Waals surface area contributed by atoms with Gasteiger partial charge in [0.1, 0.15) is 0 Å². The SMILES string of the molecule is CCOC(=O)C1=NN(c2ccccc2)[C@@]2(S1)c1ccccc1C(c1ccc(CC)cc1)=NN2c1ccccc1. The molecule has 2 aliphatic heterocycles. The number of aryl methyl sites for hydroxylation is 1. The fraction of sp³-hybridized carbons (Fsp3) is 0.156. The summed E-state index contributed by atoms with van der Waals surface area (Å²) in [6.07, 6.45) is 0.971. The fourth-order valence-corrected chi connectivity index (χ4v) is 6.25. The van der Waals surface area contributed by atoms with Gasteiger partial charge in [0.2, 0.25) is 10.0 Å². The van der Waals surface area contributed by atoms with E-state index < -0.39 is 11.0 Å². The Morgan fingerprint density at radius 1 is 0.769 bits per heavy atom. The molecule has 0 saturated heterocycles. The van der Waals surface area contributed by atoms with E-state index >= 15 is 0 Å². The van der Waals surface area contributed by atoms with Crippen LogP contribution in [-0.4, -0.2) is 23.3 Å². The standard InChI is InChI=1S/C32H28N4O2S/c1-3-23-19-21-24(22-20-23)29-27-17-11-12-18-28(27)32(35(33-29)25-13-7-5-8-14-25)36(26-15-9-6-10-16-26)34-30(39-32)31(37)38-4-2/h5-22H,3-4H2,1-2H3/t32-/m1/s1. The second-order valence-corrected chi connectivity index (χ2v) is 10.3. The summed E-state index contributed by atoms with van der Waals surface area (Å²) in [6, 6.07) is 36.8. The van der Waals surface area contributed by atoms with Gasteiger partial charge < -0.3 is 4.74 Å². The number of hydrogen-bond donors (Lipinski definition) is 0. The van der Waals surface area contributed by atoms with Crippen LogP contribution in [0.3, 0.4) is 0 Å². The van der Waals surface area contributed by atoms with E-state index in [2.05, 4.69) is 43.3 Å². The number of rotatable bonds is 6. The van der Waals surface area contributed by atoms with Crippen molar-refractivity contribution in [3.63, 3.8) is 0 Å². The summed E-state index contributed by atoms with van der Waals surface area (Å²) in [6.45, 7) is 4.22. The van der Waals surface area contributed by atoms with Crippen molar-refractivity contribution in [1.82, 2.24) is 0 Å². The molecule has 1 spiro atoms. The Hall–Kier alpha value is -4.36. The van der Waals surface area contributed by atoms with E-state index in [9.17, 15) is 4.79 Å². The molecule has 0 fully saturated rings. The molecule has 0 saturated carbocycles. The van der Waals surface area contributed by atoms with E-state index in [0.29, 0.717) is 0 Å². The summed E-state index contributed by atoms with van der Waals surface area (Å²) in [7, 11) is 0. The van der Waals surface area contributed by atoms with Gasteiger partial charge in [0.05, 0.1) is 23.7 Å². The summed E-state index contributed by atoms with van der Waals surface area (Å²) in [5.74, 6) is -0.448. The largest absolute Gasteiger partial charge is 0.461 e. The first-order valence-corrected chi connectivity index (χ1v) is 13.9. The smallest absolute Gasteiger partial charge is 0.365 e. The molecule has 0 aliphatic carbocycles. The molecule has 0 N–H and O–H groups in total. The van der Waals surface area contributed by atoms with Crippen LogP contribution >= 0.6 is 11.8 Å². The van der Waals surface area contributed by atoms with Crippen LogP contribution < -0.4 is 10.0 Å². The minimum absolute atomic E-state index is 0.270. The van der Waals surface area contributed by atoms with Gasteiger partial charge in [0.15, 0.2) is 0 Å². The number of hydrogen-bond acceptors (Lipinski definition) is 7. The quantitative estimate of drug-likeness (QED) is 0.257. The average molecular weight is 533 g/mol. The molecule has 0 amide bonds. The van der Waals surface area contributed by atoms with E-state index in [1.54, 1.807) is 6.92 Å². The second-order valence-electron chi connectivity index (χ2n) is 9.18. The molecule has 1 atom stereocenters. The van der Waals surface area contributed by atoms with Crippen molar-refractivity contribution in [2.45, 2.75) is 25.3 Å². The molecule has 2 aliphatic rings. The normalized spacial score (nSPS) is 18.0. The lowest BCUT2D eigenvalue weighted by atomic mass is 9.92. The highest BCUT2D eigenvalue weighted by atomic mass is 32.2. The number of para-hydroxylation sites is 2. The third-order valence-corrected chi connectivity index (χ3v) is 8.12. The van der Waals surface area contributed by atoms with Gasteiger partial charge >= 0.3 is 5.97 Å². The second kappa shape index (κ2) is 10.4. The summed E-state index contributed by atoms with van der Waals surface area (Å²) in [5.41, 5.74) is 6.85. The Balaban J connectivity index is 1.62. The minimum atomic E-state index is -1.01. The van der Waals surface area contributed by atoms with Gasteiger partial charge in [0.25, 0.3) is 0 Å². The van der Waals surface area contributed by atoms with Crippen molar-refractivity contribution in [3.8, 4) is 0 Å². The Morgan fingerprint density at radius 3 is 1.97 bits per heavy atom. The van der Waals surface area contributed by atoms with Crippen LogP contribution in [-0.2, 0) is 20.9 Å². The number of esters is 1. The molecule has 6 nitrogen and oxygen atoms in total. The third-order valence-electron chi connectivity index (χ3n) is 6.82. The van der Waals surface area contributed by atoms with Crippen LogP contribution in [0.15, 0.2) is 119 Å². The fourth-order valence-electron chi connectivity index (χ4n) is 4.96. The van der Waals surface area contributed by atoms with Crippen molar-refractivity contribution in [1.29, 1.82) is 0 Å². The minimum Gasteiger partial charge on any atom is -0.461 e. The van der Waals surface area contributed by atoms with Crippen LogP contribution in [0.5, 0.6) is 0 Å². The molecule has 7 heteroatoms. The van der Waals surface area contributed by atoms with E-state index in [1.165, 1.54) is 17.3 Å². The zero-order valence-electron chi connectivity index (χ0n) is 21.8. The first-order chi connectivity index (χ1) is 19.2. The Bertz CT molecular complexity index is 1550. The number of carbonyl (C=O) groups excluding carboxylic acids is 1. The molecule has 0 radical (unpaired) electrons. The van der Waals surface area contributed by atoms with Crippen molar-refractivity contribution in [3.05, 3.63) is 131 Å². The van der Waals surface area contributed by atoms with E-state index in [0.717, 1.165) is 40.2 Å². The molecule has 39 heavy (non-hydrogen) atoms. The van der Waals surface area contributed by atoms with Crippen LogP contribution in [0.25, 0.3) is 0 Å². The van der Waals surface area contributed by atoms with Gasteiger partial charge in [-0.05, 0) is 54.9 Å². The van der Waals surface area contributed by atoms with E-state index in [1.807, 2.05) is 82.8 Å². The lowest BCUT2D eigenvalue weighted by Crippen LogP contribution is -2.54. The first kappa shape index (κ1) is 24.9. The predicted octanol–water partition coefficient (Wildman–Crippen LogP) is 6.76. The maximum atomic E-state index is 13.1. The summed E-state index contributed by atoms with van der Waals surface area (Å²) in [5, 5.41) is 14.4. The number of thioether (sulfide) groups is 1. The molecule has 194 valence electrons. The molecular weight excluding hydrogens is 504 g/mol. The average Bonchev–Trinajstić information content (AvgIpc) is 3.40. The summed E-state index contributed by atoms with van der Waals surface area (Å²) in [4.78, 5) is 12.1. The van der Waals surface area contributed by atoms with E-state index in [4.69, 9.17) is 14.9 Å². The van der Waals surface area contributed by atoms with Gasteiger partial charge in [0, 0.05) is 16.7 Å². The number of ether oxygens (including phenoxy) is 1. The number of hydrazone groups is 2. The van der Waals surface area contributed by atoms with Gasteiger partial charge in [-0.2, -0.15) is 10.2 Å². The number of nitrogens with zero attached hydrogens (tertiary/aromatic N) is 4. The third kappa shape index (κ3) is 4.29.